The number of anilines is 1. The summed E-state index contributed by atoms with van der Waals surface area (Å²) in [5.41, 5.74) is 10.5. The SMILES string of the molecule is CCN(CC(N)=O)C(=O)c1ccc(F)c(N)c1. The molecule has 0 spiro atoms. The van der Waals surface area contributed by atoms with Gasteiger partial charge in [-0.3, -0.25) is 9.59 Å². The van der Waals surface area contributed by atoms with Crippen LogP contribution in [0, 0.1) is 5.82 Å². The molecule has 0 fully saturated rings. The summed E-state index contributed by atoms with van der Waals surface area (Å²) in [6, 6.07) is 3.67. The molecule has 0 unspecified atom stereocenters. The highest BCUT2D eigenvalue weighted by atomic mass is 19.1. The van der Waals surface area contributed by atoms with E-state index in [1.54, 1.807) is 6.92 Å². The van der Waals surface area contributed by atoms with Crippen LogP contribution < -0.4 is 11.5 Å². The Hall–Kier alpha value is -2.11. The van der Waals surface area contributed by atoms with Gasteiger partial charge in [0.1, 0.15) is 5.82 Å². The van der Waals surface area contributed by atoms with Crippen molar-refractivity contribution in [2.45, 2.75) is 6.92 Å². The third-order valence-electron chi connectivity index (χ3n) is 2.26. The molecule has 0 saturated heterocycles. The smallest absolute Gasteiger partial charge is 0.254 e. The molecule has 92 valence electrons. The minimum Gasteiger partial charge on any atom is -0.396 e. The first-order valence-corrected chi connectivity index (χ1v) is 5.08. The number of likely N-dealkylation sites (N-methyl/N-ethyl adjacent to an activating group) is 1. The molecule has 1 aromatic carbocycles. The quantitative estimate of drug-likeness (QED) is 0.743. The number of hydrogen-bond acceptors (Lipinski definition) is 3. The molecule has 0 saturated carbocycles. The van der Waals surface area contributed by atoms with Gasteiger partial charge in [-0.05, 0) is 25.1 Å². The number of nitrogen functional groups attached to an aromatic ring is 1. The van der Waals surface area contributed by atoms with Crippen molar-refractivity contribution in [1.29, 1.82) is 0 Å². The van der Waals surface area contributed by atoms with Gasteiger partial charge >= 0.3 is 0 Å². The predicted octanol–water partition coefficient (Wildman–Crippen LogP) is 0.355. The maximum absolute atomic E-state index is 12.9. The van der Waals surface area contributed by atoms with E-state index in [4.69, 9.17) is 11.5 Å². The average molecular weight is 239 g/mol. The van der Waals surface area contributed by atoms with E-state index in [1.807, 2.05) is 0 Å². The largest absolute Gasteiger partial charge is 0.396 e. The summed E-state index contributed by atoms with van der Waals surface area (Å²) in [5, 5.41) is 0. The fourth-order valence-corrected chi connectivity index (χ4v) is 1.37. The van der Waals surface area contributed by atoms with Crippen molar-refractivity contribution in [1.82, 2.24) is 4.90 Å². The number of primary amides is 1. The maximum atomic E-state index is 12.9. The van der Waals surface area contributed by atoms with Gasteiger partial charge in [0.2, 0.25) is 5.91 Å². The Morgan fingerprint density at radius 2 is 2.06 bits per heavy atom. The Morgan fingerprint density at radius 1 is 1.41 bits per heavy atom. The van der Waals surface area contributed by atoms with Gasteiger partial charge in [-0.1, -0.05) is 0 Å². The highest BCUT2D eigenvalue weighted by Gasteiger charge is 2.16. The van der Waals surface area contributed by atoms with Crippen molar-refractivity contribution < 1.29 is 14.0 Å². The summed E-state index contributed by atoms with van der Waals surface area (Å²) in [5.74, 6) is -1.59. The lowest BCUT2D eigenvalue weighted by molar-refractivity contribution is -0.118. The van der Waals surface area contributed by atoms with Gasteiger partial charge in [0, 0.05) is 12.1 Å². The number of carbonyl (C=O) groups is 2. The second-order valence-corrected chi connectivity index (χ2v) is 3.52. The van der Waals surface area contributed by atoms with E-state index >= 15 is 0 Å². The molecule has 0 aliphatic rings. The molecule has 0 aliphatic heterocycles. The van der Waals surface area contributed by atoms with Gasteiger partial charge in [0.05, 0.1) is 12.2 Å². The summed E-state index contributed by atoms with van der Waals surface area (Å²) in [6.07, 6.45) is 0. The van der Waals surface area contributed by atoms with Crippen molar-refractivity contribution in [3.8, 4) is 0 Å². The minimum absolute atomic E-state index is 0.106. The highest BCUT2D eigenvalue weighted by molar-refractivity contribution is 5.97. The third kappa shape index (κ3) is 3.17. The number of rotatable bonds is 4. The fourth-order valence-electron chi connectivity index (χ4n) is 1.37. The zero-order valence-electron chi connectivity index (χ0n) is 9.44. The van der Waals surface area contributed by atoms with E-state index in [0.717, 1.165) is 6.07 Å². The number of carbonyl (C=O) groups excluding carboxylic acids is 2. The summed E-state index contributed by atoms with van der Waals surface area (Å²) >= 11 is 0. The van der Waals surface area contributed by atoms with Crippen LogP contribution in [0.4, 0.5) is 10.1 Å². The van der Waals surface area contributed by atoms with Crippen molar-refractivity contribution in [3.05, 3.63) is 29.6 Å². The molecule has 1 aromatic rings. The van der Waals surface area contributed by atoms with E-state index in [9.17, 15) is 14.0 Å². The molecule has 0 aliphatic carbocycles. The number of halogens is 1. The van der Waals surface area contributed by atoms with Crippen LogP contribution in [-0.2, 0) is 4.79 Å². The van der Waals surface area contributed by atoms with E-state index in [-0.39, 0.29) is 17.8 Å². The molecule has 6 heteroatoms. The number of nitrogens with zero attached hydrogens (tertiary/aromatic N) is 1. The second kappa shape index (κ2) is 5.29. The zero-order valence-corrected chi connectivity index (χ0v) is 9.44. The molecule has 0 atom stereocenters. The van der Waals surface area contributed by atoms with Gasteiger partial charge in [-0.2, -0.15) is 0 Å². The number of amides is 2. The molecule has 4 N–H and O–H groups in total. The molecule has 0 radical (unpaired) electrons. The lowest BCUT2D eigenvalue weighted by atomic mass is 10.1. The molecular weight excluding hydrogens is 225 g/mol. The zero-order chi connectivity index (χ0) is 13.0. The van der Waals surface area contributed by atoms with Crippen LogP contribution in [-0.4, -0.2) is 29.8 Å². The first kappa shape index (κ1) is 13.0. The normalized spacial score (nSPS) is 10.0. The first-order valence-electron chi connectivity index (χ1n) is 5.08. The summed E-state index contributed by atoms with van der Waals surface area (Å²) in [6.45, 7) is 1.87. The number of nitrogens with two attached hydrogens (primary N) is 2. The molecule has 1 rings (SSSR count). The van der Waals surface area contributed by atoms with Crippen LogP contribution in [0.2, 0.25) is 0 Å². The topological polar surface area (TPSA) is 89.4 Å². The van der Waals surface area contributed by atoms with Crippen LogP contribution in [0.1, 0.15) is 17.3 Å². The lowest BCUT2D eigenvalue weighted by Crippen LogP contribution is -2.38. The summed E-state index contributed by atoms with van der Waals surface area (Å²) in [7, 11) is 0. The Balaban J connectivity index is 2.93. The third-order valence-corrected chi connectivity index (χ3v) is 2.26. The van der Waals surface area contributed by atoms with E-state index < -0.39 is 17.6 Å². The fraction of sp³-hybridized carbons (Fsp3) is 0.273. The van der Waals surface area contributed by atoms with Crippen LogP contribution in [0.5, 0.6) is 0 Å². The van der Waals surface area contributed by atoms with Crippen molar-refractivity contribution >= 4 is 17.5 Å². The predicted molar refractivity (Wildman–Crippen MR) is 61.6 cm³/mol. The molecule has 2 amide bonds. The number of benzene rings is 1. The van der Waals surface area contributed by atoms with E-state index in [0.29, 0.717) is 6.54 Å². The Morgan fingerprint density at radius 3 is 2.53 bits per heavy atom. The van der Waals surface area contributed by atoms with Crippen LogP contribution in [0.3, 0.4) is 0 Å². The van der Waals surface area contributed by atoms with Gasteiger partial charge in [-0.15, -0.1) is 0 Å². The van der Waals surface area contributed by atoms with E-state index in [2.05, 4.69) is 0 Å². The number of hydrogen-bond donors (Lipinski definition) is 2. The lowest BCUT2D eigenvalue weighted by Gasteiger charge is -2.19. The molecule has 0 heterocycles. The van der Waals surface area contributed by atoms with Crippen LogP contribution in [0.15, 0.2) is 18.2 Å². The Kier molecular flexibility index (Phi) is 4.03. The van der Waals surface area contributed by atoms with Crippen LogP contribution >= 0.6 is 0 Å². The van der Waals surface area contributed by atoms with Crippen molar-refractivity contribution in [3.63, 3.8) is 0 Å². The van der Waals surface area contributed by atoms with Gasteiger partial charge in [0.25, 0.3) is 5.91 Å². The average Bonchev–Trinajstić information content (AvgIpc) is 2.28. The minimum atomic E-state index is -0.602. The Bertz CT molecular complexity index is 448. The van der Waals surface area contributed by atoms with Crippen molar-refractivity contribution in [2.24, 2.45) is 5.73 Å². The molecule has 17 heavy (non-hydrogen) atoms. The Labute approximate surface area is 98.2 Å². The molecule has 0 bridgehead atoms. The summed E-state index contributed by atoms with van der Waals surface area (Å²) < 4.78 is 12.9. The van der Waals surface area contributed by atoms with Crippen LogP contribution in [0.25, 0.3) is 0 Å². The molecular formula is C11H14FN3O2. The molecule has 0 aromatic heterocycles. The first-order chi connectivity index (χ1) is 7.95. The van der Waals surface area contributed by atoms with Crippen molar-refractivity contribution in [2.75, 3.05) is 18.8 Å². The second-order valence-electron chi connectivity index (χ2n) is 3.52. The standard InChI is InChI=1S/C11H14FN3O2/c1-2-15(6-10(14)16)11(17)7-3-4-8(12)9(13)5-7/h3-5H,2,6,13H2,1H3,(H2,14,16). The summed E-state index contributed by atoms with van der Waals surface area (Å²) in [4.78, 5) is 23.9. The van der Waals surface area contributed by atoms with Gasteiger partial charge < -0.3 is 16.4 Å². The monoisotopic (exact) mass is 239 g/mol. The maximum Gasteiger partial charge on any atom is 0.254 e. The molecule has 5 nitrogen and oxygen atoms in total. The highest BCUT2D eigenvalue weighted by Crippen LogP contribution is 2.13. The van der Waals surface area contributed by atoms with Gasteiger partial charge in [-0.25, -0.2) is 4.39 Å². The van der Waals surface area contributed by atoms with Gasteiger partial charge in [0.15, 0.2) is 0 Å². The van der Waals surface area contributed by atoms with E-state index in [1.165, 1.54) is 17.0 Å².